The maximum absolute atomic E-state index is 13.4. The Morgan fingerprint density at radius 1 is 0.379 bits per heavy atom. The molecule has 0 aromatic rings. The first-order valence-electron chi connectivity index (χ1n) is 32.8. The van der Waals surface area contributed by atoms with Gasteiger partial charge in [-0.05, 0) is 43.4 Å². The molecule has 34 nitrogen and oxygen atoms in total. The summed E-state index contributed by atoms with van der Waals surface area (Å²) in [4.78, 5) is 74.8. The minimum Gasteiger partial charge on any atom is -0.394 e. The number of hydrogen-bond acceptors (Lipinski definition) is 29. The average molecular weight is 1380 g/mol. The molecule has 3 saturated heterocycles. The number of Topliss-reactive ketones (excluding diaryl/α,β-unsaturated/α-hetero) is 1. The van der Waals surface area contributed by atoms with Gasteiger partial charge in [0.25, 0.3) is 0 Å². The van der Waals surface area contributed by atoms with Gasteiger partial charge < -0.3 is 139 Å². The third-order valence-corrected chi connectivity index (χ3v) is 16.1. The first-order valence-corrected chi connectivity index (χ1v) is 32.8. The predicted octanol–water partition coefficient (Wildman–Crippen LogP) is -5.05. The summed E-state index contributed by atoms with van der Waals surface area (Å²) in [6.45, 7) is 10.3. The van der Waals surface area contributed by atoms with E-state index in [-0.39, 0.29) is 175 Å². The molecule has 0 aliphatic carbocycles. The van der Waals surface area contributed by atoms with Crippen molar-refractivity contribution in [3.05, 3.63) is 0 Å². The Hall–Kier alpha value is -3.90. The van der Waals surface area contributed by atoms with Gasteiger partial charge in [0.1, 0.15) is 78.8 Å². The number of hydrogen-bond donors (Lipinski definition) is 14. The van der Waals surface area contributed by atoms with Gasteiger partial charge in [0.2, 0.25) is 29.5 Å². The van der Waals surface area contributed by atoms with Crippen molar-refractivity contribution in [2.24, 2.45) is 11.3 Å². The van der Waals surface area contributed by atoms with Crippen LogP contribution in [-0.2, 0) is 95.1 Å². The van der Waals surface area contributed by atoms with E-state index in [0.717, 1.165) is 0 Å². The molecule has 0 aromatic carbocycles. The number of carbonyl (C=O) groups excluding carboxylic acids is 6. The Kier molecular flexibility index (Phi) is 44.5. The van der Waals surface area contributed by atoms with Gasteiger partial charge in [-0.2, -0.15) is 0 Å². The molecule has 5 amide bonds. The van der Waals surface area contributed by atoms with E-state index in [2.05, 4.69) is 26.6 Å². The smallest absolute Gasteiger partial charge is 0.220 e. The molecule has 0 saturated carbocycles. The third-order valence-electron chi connectivity index (χ3n) is 16.1. The first-order chi connectivity index (χ1) is 45.6. The van der Waals surface area contributed by atoms with Crippen LogP contribution >= 0.6 is 0 Å². The van der Waals surface area contributed by atoms with Crippen molar-refractivity contribution in [3.8, 4) is 0 Å². The summed E-state index contributed by atoms with van der Waals surface area (Å²) in [6.07, 6.45) is -11.8. The topological polar surface area (TPSA) is 474 Å². The highest BCUT2D eigenvalue weighted by atomic mass is 16.7. The van der Waals surface area contributed by atoms with Crippen LogP contribution < -0.4 is 26.6 Å². The number of aliphatic hydroxyl groups excluding tert-OH is 9. The molecule has 14 N–H and O–H groups in total. The van der Waals surface area contributed by atoms with Gasteiger partial charge in [-0.25, -0.2) is 0 Å². The number of nitrogens with one attached hydrogen (secondary N) is 5. The molecule has 0 spiro atoms. The van der Waals surface area contributed by atoms with E-state index in [1.807, 2.05) is 13.8 Å². The Labute approximate surface area is 555 Å². The second-order valence-corrected chi connectivity index (χ2v) is 23.5. The lowest BCUT2D eigenvalue weighted by molar-refractivity contribution is -0.272. The lowest BCUT2D eigenvalue weighted by Crippen LogP contribution is -2.64. The predicted molar refractivity (Wildman–Crippen MR) is 330 cm³/mol. The Balaban J connectivity index is 1.36. The van der Waals surface area contributed by atoms with Crippen LogP contribution in [0.15, 0.2) is 0 Å². The van der Waals surface area contributed by atoms with E-state index in [1.165, 1.54) is 20.8 Å². The molecular weight excluding hydrogens is 1270 g/mol. The third kappa shape index (κ3) is 33.7. The van der Waals surface area contributed by atoms with Crippen molar-refractivity contribution in [1.29, 1.82) is 0 Å². The van der Waals surface area contributed by atoms with Crippen LogP contribution in [0.3, 0.4) is 0 Å². The second kappa shape index (κ2) is 49.6. The normalized spacial score (nSPS) is 26.8. The van der Waals surface area contributed by atoms with Crippen LogP contribution in [-0.4, -0.2) is 332 Å². The zero-order valence-corrected chi connectivity index (χ0v) is 55.8. The molecule has 3 aliphatic rings. The van der Waals surface area contributed by atoms with Gasteiger partial charge in [-0.15, -0.1) is 0 Å². The van der Waals surface area contributed by atoms with Crippen molar-refractivity contribution >= 4 is 35.3 Å². The minimum atomic E-state index is -1.43. The second-order valence-electron chi connectivity index (χ2n) is 23.5. The summed E-state index contributed by atoms with van der Waals surface area (Å²) in [7, 11) is 0. The van der Waals surface area contributed by atoms with E-state index in [4.69, 9.17) is 66.3 Å². The van der Waals surface area contributed by atoms with Crippen molar-refractivity contribution in [2.75, 3.05) is 158 Å². The summed E-state index contributed by atoms with van der Waals surface area (Å²) >= 11 is 0. The highest BCUT2D eigenvalue weighted by Crippen LogP contribution is 2.42. The number of amides is 5. The van der Waals surface area contributed by atoms with Gasteiger partial charge in [0, 0.05) is 66.2 Å². The SMILES string of the molecule is CC(=O)NC1C(OCCOCCOCCCCC(=O)CCC(CCC(=O)NCCOCCOCCOCCOC2OC(CO)C(O)C(O)C2NC(C)=O)(CCC(=O)NCCOCCOCCOCCOC2OC(CO)C(O)C(O)C2NC(C)=O)C(C)C)OC(CO)C(O)C1O. The van der Waals surface area contributed by atoms with Gasteiger partial charge in [0.05, 0.1) is 139 Å². The zero-order chi connectivity index (χ0) is 70.0. The zero-order valence-electron chi connectivity index (χ0n) is 55.8. The number of carbonyl (C=O) groups is 6. The Morgan fingerprint density at radius 2 is 0.663 bits per heavy atom. The fraction of sp³-hybridized carbons (Fsp3) is 0.902. The molecule has 3 rings (SSSR count). The minimum absolute atomic E-state index is 0.00170. The van der Waals surface area contributed by atoms with Crippen LogP contribution in [0, 0.1) is 11.3 Å². The summed E-state index contributed by atoms with van der Waals surface area (Å²) < 4.78 is 78.2. The maximum atomic E-state index is 13.4. The van der Waals surface area contributed by atoms with Crippen LogP contribution in [0.25, 0.3) is 0 Å². The fourth-order valence-corrected chi connectivity index (χ4v) is 10.6. The molecule has 95 heavy (non-hydrogen) atoms. The number of rotatable bonds is 54. The largest absolute Gasteiger partial charge is 0.394 e. The Morgan fingerprint density at radius 3 is 0.958 bits per heavy atom. The molecule has 0 radical (unpaired) electrons. The summed E-state index contributed by atoms with van der Waals surface area (Å²) in [5, 5.41) is 104. The van der Waals surface area contributed by atoms with E-state index in [1.54, 1.807) is 0 Å². The fourth-order valence-electron chi connectivity index (χ4n) is 10.6. The number of aliphatic hydroxyl groups is 9. The van der Waals surface area contributed by atoms with E-state index < -0.39 is 135 Å². The molecule has 0 aromatic heterocycles. The van der Waals surface area contributed by atoms with Crippen LogP contribution in [0.1, 0.15) is 92.4 Å². The van der Waals surface area contributed by atoms with E-state index in [9.17, 15) is 74.7 Å². The molecule has 3 heterocycles. The van der Waals surface area contributed by atoms with Gasteiger partial charge >= 0.3 is 0 Å². The molecule has 3 fully saturated rings. The van der Waals surface area contributed by atoms with E-state index in [0.29, 0.717) is 45.1 Å². The lowest BCUT2D eigenvalue weighted by Gasteiger charge is -2.42. The van der Waals surface area contributed by atoms with Crippen LogP contribution in [0.5, 0.6) is 0 Å². The standard InChI is InChI=1S/C61H111N5O29/c1-39(2)61(12-9-43(73)8-6-7-17-82-20-23-87-30-33-90-58-49(64-40(3)70)55(79)52(76)44(36-67)93-58,13-10-47(74)62-15-18-83-21-24-85-26-28-88-31-34-91-59-50(65-41(4)71)56(80)53(77)45(37-68)94-59)14-11-48(75)63-16-19-84-22-25-86-27-29-89-32-35-92-60-51(66-42(5)72)57(81)54(78)46(38-69)95-60/h39,44-46,49-60,67-69,76-81H,6-38H2,1-5H3,(H,62,74)(H,63,75)(H,64,70)(H,65,71)(H,66,72). The molecule has 3 aliphatic heterocycles. The molecular formula is C61H111N5O29. The van der Waals surface area contributed by atoms with Crippen LogP contribution in [0.2, 0.25) is 0 Å². The lowest BCUT2D eigenvalue weighted by atomic mass is 9.67. The Bertz CT molecular complexity index is 2020. The number of unbranched alkanes of at least 4 members (excludes halogenated alkanes) is 1. The van der Waals surface area contributed by atoms with Crippen LogP contribution in [0.4, 0.5) is 0 Å². The summed E-state index contributed by atoms with van der Waals surface area (Å²) in [5.74, 6) is -1.75. The van der Waals surface area contributed by atoms with Crippen molar-refractivity contribution in [2.45, 2.75) is 184 Å². The summed E-state index contributed by atoms with van der Waals surface area (Å²) in [6, 6.07) is -3.18. The monoisotopic (exact) mass is 1380 g/mol. The first kappa shape index (κ1) is 85.3. The number of ketones is 1. The maximum Gasteiger partial charge on any atom is 0.220 e. The molecule has 34 heteroatoms. The molecule has 0 bridgehead atoms. The molecule has 15 unspecified atom stereocenters. The highest BCUT2D eigenvalue weighted by Gasteiger charge is 2.48. The van der Waals surface area contributed by atoms with Gasteiger partial charge in [-0.3, -0.25) is 28.8 Å². The van der Waals surface area contributed by atoms with Crippen molar-refractivity contribution < 1.29 is 141 Å². The summed E-state index contributed by atoms with van der Waals surface area (Å²) in [5.41, 5.74) is -0.535. The van der Waals surface area contributed by atoms with Crippen molar-refractivity contribution in [1.82, 2.24) is 26.6 Å². The average Bonchev–Trinajstić information content (AvgIpc) is 0.858. The van der Waals surface area contributed by atoms with E-state index >= 15 is 0 Å². The van der Waals surface area contributed by atoms with Gasteiger partial charge in [0.15, 0.2) is 18.9 Å². The van der Waals surface area contributed by atoms with Gasteiger partial charge in [-0.1, -0.05) is 13.8 Å². The highest BCUT2D eigenvalue weighted by molar-refractivity contribution is 5.79. The quantitative estimate of drug-likeness (QED) is 0.0254. The molecule has 554 valence electrons. The number of ether oxygens (including phenoxy) is 14. The molecule has 15 atom stereocenters. The van der Waals surface area contributed by atoms with Crippen molar-refractivity contribution in [3.63, 3.8) is 0 Å².